The summed E-state index contributed by atoms with van der Waals surface area (Å²) < 4.78 is 5.43. The van der Waals surface area contributed by atoms with Crippen molar-refractivity contribution in [2.75, 3.05) is 6.61 Å². The maximum atomic E-state index is 11.3. The highest BCUT2D eigenvalue weighted by Crippen LogP contribution is 2.29. The molecule has 0 aromatic carbocycles. The summed E-state index contributed by atoms with van der Waals surface area (Å²) in [7, 11) is 0. The topological polar surface area (TPSA) is 46.5 Å². The first-order valence-corrected chi connectivity index (χ1v) is 10.8. The van der Waals surface area contributed by atoms with Gasteiger partial charge in [0.1, 0.15) is 6.10 Å². The van der Waals surface area contributed by atoms with Crippen molar-refractivity contribution in [3.05, 3.63) is 24.3 Å². The van der Waals surface area contributed by atoms with Crippen LogP contribution in [0.4, 0.5) is 0 Å². The Balaban J connectivity index is 2.42. The standard InChI is InChI=1S/C23H40O3/c1-3-4-5-6-7-11-17-23(26-20(2)25)18-13-12-15-21-14-9-8-10-16-22(21)19-24/h12-13,15,18,21-24H,3-11,14,16-17,19H2,1-2H3/b15-12+,18-13+/t21-,22+,23?/m1/s1. The molecule has 0 amide bonds. The normalized spacial score (nSPS) is 22.6. The molecule has 1 aliphatic carbocycles. The van der Waals surface area contributed by atoms with Gasteiger partial charge in [-0.3, -0.25) is 4.79 Å². The monoisotopic (exact) mass is 364 g/mol. The lowest BCUT2D eigenvalue weighted by molar-refractivity contribution is -0.144. The summed E-state index contributed by atoms with van der Waals surface area (Å²) in [4.78, 5) is 11.3. The first kappa shape index (κ1) is 23.0. The van der Waals surface area contributed by atoms with Gasteiger partial charge in [0.25, 0.3) is 0 Å². The maximum absolute atomic E-state index is 11.3. The van der Waals surface area contributed by atoms with Crippen molar-refractivity contribution in [3.8, 4) is 0 Å². The second-order valence-corrected chi connectivity index (χ2v) is 7.72. The predicted molar refractivity (Wildman–Crippen MR) is 109 cm³/mol. The number of esters is 1. The lowest BCUT2D eigenvalue weighted by Crippen LogP contribution is -2.15. The molecule has 3 nitrogen and oxygen atoms in total. The van der Waals surface area contributed by atoms with E-state index in [-0.39, 0.29) is 18.7 Å². The van der Waals surface area contributed by atoms with Crippen molar-refractivity contribution < 1.29 is 14.6 Å². The largest absolute Gasteiger partial charge is 0.458 e. The first-order chi connectivity index (χ1) is 12.7. The number of hydrogen-bond acceptors (Lipinski definition) is 3. The number of aliphatic hydroxyl groups excluding tert-OH is 1. The van der Waals surface area contributed by atoms with Crippen LogP contribution in [0.5, 0.6) is 0 Å². The summed E-state index contributed by atoms with van der Waals surface area (Å²) in [6, 6.07) is 0. The Morgan fingerprint density at radius 2 is 1.81 bits per heavy atom. The molecule has 1 fully saturated rings. The number of allylic oxidation sites excluding steroid dienone is 3. The van der Waals surface area contributed by atoms with Gasteiger partial charge in [0.15, 0.2) is 0 Å². The number of ether oxygens (including phenoxy) is 1. The molecule has 1 unspecified atom stereocenters. The molecule has 0 heterocycles. The number of hydrogen-bond donors (Lipinski definition) is 1. The third-order valence-electron chi connectivity index (χ3n) is 5.41. The van der Waals surface area contributed by atoms with Crippen LogP contribution in [-0.2, 0) is 9.53 Å². The minimum Gasteiger partial charge on any atom is -0.458 e. The van der Waals surface area contributed by atoms with Gasteiger partial charge < -0.3 is 9.84 Å². The lowest BCUT2D eigenvalue weighted by atomic mass is 9.88. The SMILES string of the molecule is CCCCCCCCC(/C=C/C=C/[C@H]1CCCCC[C@H]1CO)OC(C)=O. The summed E-state index contributed by atoms with van der Waals surface area (Å²) in [6.45, 7) is 4.00. The molecule has 3 atom stereocenters. The average Bonchev–Trinajstić information content (AvgIpc) is 2.85. The minimum absolute atomic E-state index is 0.119. The van der Waals surface area contributed by atoms with Gasteiger partial charge in [0.2, 0.25) is 0 Å². The van der Waals surface area contributed by atoms with E-state index in [0.29, 0.717) is 11.8 Å². The summed E-state index contributed by atoms with van der Waals surface area (Å²) in [5, 5.41) is 9.60. The molecule has 1 saturated carbocycles. The van der Waals surface area contributed by atoms with Crippen LogP contribution in [0.25, 0.3) is 0 Å². The van der Waals surface area contributed by atoms with E-state index in [2.05, 4.69) is 19.1 Å². The summed E-state index contributed by atoms with van der Waals surface area (Å²) >= 11 is 0. The fraction of sp³-hybridized carbons (Fsp3) is 0.783. The zero-order valence-electron chi connectivity index (χ0n) is 17.0. The smallest absolute Gasteiger partial charge is 0.303 e. The first-order valence-electron chi connectivity index (χ1n) is 10.8. The van der Waals surface area contributed by atoms with Crippen LogP contribution in [0.1, 0.15) is 90.9 Å². The Hall–Kier alpha value is -1.09. The molecule has 0 aromatic heterocycles. The molecule has 0 saturated heterocycles. The van der Waals surface area contributed by atoms with Crippen molar-refractivity contribution in [2.24, 2.45) is 11.8 Å². The molecular formula is C23H40O3. The highest BCUT2D eigenvalue weighted by molar-refractivity contribution is 5.66. The molecule has 0 spiro atoms. The molecule has 0 aliphatic heterocycles. The Kier molecular flexibility index (Phi) is 13.3. The van der Waals surface area contributed by atoms with Gasteiger partial charge in [-0.1, -0.05) is 76.5 Å². The van der Waals surface area contributed by atoms with Crippen molar-refractivity contribution >= 4 is 5.97 Å². The predicted octanol–water partition coefficient (Wildman–Crippen LogP) is 5.97. The van der Waals surface area contributed by atoms with E-state index < -0.39 is 0 Å². The van der Waals surface area contributed by atoms with E-state index in [1.807, 2.05) is 12.2 Å². The Labute approximate surface area is 160 Å². The van der Waals surface area contributed by atoms with Gasteiger partial charge in [-0.2, -0.15) is 0 Å². The van der Waals surface area contributed by atoms with E-state index in [9.17, 15) is 9.90 Å². The molecule has 0 aromatic rings. The van der Waals surface area contributed by atoms with Crippen LogP contribution >= 0.6 is 0 Å². The molecule has 3 heteroatoms. The summed E-state index contributed by atoms with van der Waals surface area (Å²) in [6.07, 6.45) is 22.7. The minimum atomic E-state index is -0.210. The quantitative estimate of drug-likeness (QED) is 0.201. The Morgan fingerprint density at radius 1 is 1.08 bits per heavy atom. The van der Waals surface area contributed by atoms with E-state index >= 15 is 0 Å². The summed E-state index contributed by atoms with van der Waals surface area (Å²) in [5.41, 5.74) is 0. The van der Waals surface area contributed by atoms with E-state index in [1.54, 1.807) is 0 Å². The van der Waals surface area contributed by atoms with Gasteiger partial charge in [-0.15, -0.1) is 0 Å². The van der Waals surface area contributed by atoms with Gasteiger partial charge in [-0.25, -0.2) is 0 Å². The van der Waals surface area contributed by atoms with Crippen LogP contribution in [-0.4, -0.2) is 23.8 Å². The van der Waals surface area contributed by atoms with Crippen molar-refractivity contribution in [1.29, 1.82) is 0 Å². The average molecular weight is 365 g/mol. The highest BCUT2D eigenvalue weighted by Gasteiger charge is 2.20. The Bertz CT molecular complexity index is 414. The van der Waals surface area contributed by atoms with Crippen molar-refractivity contribution in [1.82, 2.24) is 0 Å². The molecular weight excluding hydrogens is 324 g/mol. The lowest BCUT2D eigenvalue weighted by Gasteiger charge is -2.19. The zero-order chi connectivity index (χ0) is 19.0. The van der Waals surface area contributed by atoms with Crippen LogP contribution in [0, 0.1) is 11.8 Å². The fourth-order valence-electron chi connectivity index (χ4n) is 3.82. The summed E-state index contributed by atoms with van der Waals surface area (Å²) in [5.74, 6) is 0.658. The second-order valence-electron chi connectivity index (χ2n) is 7.72. The van der Waals surface area contributed by atoms with Crippen LogP contribution in [0.3, 0.4) is 0 Å². The molecule has 1 rings (SSSR count). The number of aliphatic hydroxyl groups is 1. The Morgan fingerprint density at radius 3 is 2.54 bits per heavy atom. The molecule has 1 N–H and O–H groups in total. The molecule has 1 aliphatic rings. The molecule has 0 bridgehead atoms. The van der Waals surface area contributed by atoms with Gasteiger partial charge in [0.05, 0.1) is 0 Å². The van der Waals surface area contributed by atoms with Gasteiger partial charge >= 0.3 is 5.97 Å². The third kappa shape index (κ3) is 10.8. The van der Waals surface area contributed by atoms with Gasteiger partial charge in [-0.05, 0) is 43.6 Å². The van der Waals surface area contributed by atoms with Gasteiger partial charge in [0, 0.05) is 13.5 Å². The van der Waals surface area contributed by atoms with Crippen molar-refractivity contribution in [2.45, 2.75) is 97.0 Å². The fourth-order valence-corrected chi connectivity index (χ4v) is 3.82. The number of rotatable bonds is 12. The van der Waals surface area contributed by atoms with Crippen LogP contribution in [0.2, 0.25) is 0 Å². The second kappa shape index (κ2) is 15.0. The number of carbonyl (C=O) groups excluding carboxylic acids is 1. The van der Waals surface area contributed by atoms with Crippen LogP contribution < -0.4 is 0 Å². The molecule has 0 radical (unpaired) electrons. The van der Waals surface area contributed by atoms with E-state index in [1.165, 1.54) is 64.7 Å². The highest BCUT2D eigenvalue weighted by atomic mass is 16.5. The third-order valence-corrected chi connectivity index (χ3v) is 5.41. The molecule has 26 heavy (non-hydrogen) atoms. The van der Waals surface area contributed by atoms with E-state index in [0.717, 1.165) is 19.3 Å². The molecule has 150 valence electrons. The number of carbonyl (C=O) groups is 1. The zero-order valence-corrected chi connectivity index (χ0v) is 17.0. The van der Waals surface area contributed by atoms with Crippen molar-refractivity contribution in [3.63, 3.8) is 0 Å². The van der Waals surface area contributed by atoms with Crippen LogP contribution in [0.15, 0.2) is 24.3 Å². The number of unbranched alkanes of at least 4 members (excludes halogenated alkanes) is 5. The van der Waals surface area contributed by atoms with E-state index in [4.69, 9.17) is 4.74 Å². The maximum Gasteiger partial charge on any atom is 0.303 e.